The molecular weight excluding hydrogens is 281 g/mol. The first kappa shape index (κ1) is 15.4. The lowest BCUT2D eigenvalue weighted by Crippen LogP contribution is -2.45. The van der Waals surface area contributed by atoms with Crippen LogP contribution in [0.4, 0.5) is 10.2 Å². The molecule has 1 saturated heterocycles. The maximum absolute atomic E-state index is 15.1. The van der Waals surface area contributed by atoms with Crippen LogP contribution in [0.1, 0.15) is 18.8 Å². The van der Waals surface area contributed by atoms with Gasteiger partial charge in [-0.25, -0.2) is 9.18 Å². The SMILES string of the molecule is CC#CC1(F)C(O)[C@@H](CO)O[C@H]1n1c(C)cc(N)nc1=O. The topological polar surface area (TPSA) is 111 Å². The van der Waals surface area contributed by atoms with Gasteiger partial charge in [0.05, 0.1) is 6.61 Å². The lowest BCUT2D eigenvalue weighted by Gasteiger charge is -2.25. The number of halogens is 1. The summed E-state index contributed by atoms with van der Waals surface area (Å²) < 4.78 is 21.3. The van der Waals surface area contributed by atoms with Crippen LogP contribution < -0.4 is 11.4 Å². The van der Waals surface area contributed by atoms with Gasteiger partial charge in [0.15, 0.2) is 6.23 Å². The summed E-state index contributed by atoms with van der Waals surface area (Å²) in [6.07, 6.45) is -4.40. The number of nitrogens with zero attached hydrogens (tertiary/aromatic N) is 2. The molecule has 0 aliphatic carbocycles. The van der Waals surface area contributed by atoms with Crippen LogP contribution in [0.5, 0.6) is 0 Å². The molecular formula is C13H16FN3O4. The van der Waals surface area contributed by atoms with Crippen molar-refractivity contribution in [2.24, 2.45) is 0 Å². The maximum Gasteiger partial charge on any atom is 0.351 e. The minimum absolute atomic E-state index is 0.00274. The molecule has 2 rings (SSSR count). The Balaban J connectivity index is 2.61. The van der Waals surface area contributed by atoms with E-state index in [0.29, 0.717) is 5.69 Å². The second-order valence-corrected chi connectivity index (χ2v) is 4.77. The third-order valence-electron chi connectivity index (χ3n) is 3.34. The Morgan fingerprint density at radius 2 is 2.33 bits per heavy atom. The fourth-order valence-electron chi connectivity index (χ4n) is 2.39. The van der Waals surface area contributed by atoms with E-state index in [2.05, 4.69) is 16.8 Å². The fourth-order valence-corrected chi connectivity index (χ4v) is 2.39. The lowest BCUT2D eigenvalue weighted by molar-refractivity contribution is -0.0551. The molecule has 2 heterocycles. The number of anilines is 1. The van der Waals surface area contributed by atoms with Crippen LogP contribution in [0.3, 0.4) is 0 Å². The molecule has 0 spiro atoms. The fraction of sp³-hybridized carbons (Fsp3) is 0.538. The van der Waals surface area contributed by atoms with Gasteiger partial charge in [-0.15, -0.1) is 5.92 Å². The third-order valence-corrected chi connectivity index (χ3v) is 3.34. The van der Waals surface area contributed by atoms with Gasteiger partial charge in [0.2, 0.25) is 5.67 Å². The molecule has 0 amide bonds. The molecule has 1 aromatic heterocycles. The number of alkyl halides is 1. The predicted molar refractivity (Wildman–Crippen MR) is 71.9 cm³/mol. The van der Waals surface area contributed by atoms with Gasteiger partial charge in [-0.2, -0.15) is 4.98 Å². The molecule has 1 fully saturated rings. The van der Waals surface area contributed by atoms with Crippen LogP contribution in [0.15, 0.2) is 10.9 Å². The van der Waals surface area contributed by atoms with Crippen molar-refractivity contribution in [1.29, 1.82) is 0 Å². The van der Waals surface area contributed by atoms with Crippen molar-refractivity contribution in [3.8, 4) is 11.8 Å². The molecule has 114 valence electrons. The summed E-state index contributed by atoms with van der Waals surface area (Å²) in [5.41, 5.74) is 2.42. The monoisotopic (exact) mass is 297 g/mol. The molecule has 4 atom stereocenters. The number of aryl methyl sites for hydroxylation is 1. The number of ether oxygens (including phenoxy) is 1. The van der Waals surface area contributed by atoms with E-state index in [1.807, 2.05) is 0 Å². The van der Waals surface area contributed by atoms with E-state index >= 15 is 4.39 Å². The number of nitrogen functional groups attached to an aromatic ring is 1. The Bertz CT molecular complexity index is 666. The van der Waals surface area contributed by atoms with E-state index in [0.717, 1.165) is 4.57 Å². The van der Waals surface area contributed by atoms with Crippen molar-refractivity contribution in [2.45, 2.75) is 38.0 Å². The van der Waals surface area contributed by atoms with Crippen molar-refractivity contribution in [3.05, 3.63) is 22.2 Å². The van der Waals surface area contributed by atoms with E-state index in [1.165, 1.54) is 19.9 Å². The summed E-state index contributed by atoms with van der Waals surface area (Å²) in [5, 5.41) is 19.1. The molecule has 21 heavy (non-hydrogen) atoms. The summed E-state index contributed by atoms with van der Waals surface area (Å²) in [7, 11) is 0. The molecule has 0 saturated carbocycles. The first-order valence-electron chi connectivity index (χ1n) is 6.28. The summed E-state index contributed by atoms with van der Waals surface area (Å²) >= 11 is 0. The molecule has 7 nitrogen and oxygen atoms in total. The van der Waals surface area contributed by atoms with Crippen molar-refractivity contribution in [2.75, 3.05) is 12.3 Å². The Morgan fingerprint density at radius 1 is 1.67 bits per heavy atom. The molecule has 4 N–H and O–H groups in total. The highest BCUT2D eigenvalue weighted by Gasteiger charge is 2.58. The van der Waals surface area contributed by atoms with Gasteiger partial charge in [-0.3, -0.25) is 4.57 Å². The summed E-state index contributed by atoms with van der Waals surface area (Å²) in [5.74, 6) is 4.60. The molecule has 0 bridgehead atoms. The summed E-state index contributed by atoms with van der Waals surface area (Å²) in [4.78, 5) is 15.5. The quantitative estimate of drug-likeness (QED) is 0.611. The van der Waals surface area contributed by atoms with E-state index in [9.17, 15) is 9.90 Å². The van der Waals surface area contributed by atoms with Crippen LogP contribution in [-0.4, -0.2) is 44.2 Å². The molecule has 2 unspecified atom stereocenters. The van der Waals surface area contributed by atoms with Gasteiger partial charge in [-0.05, 0) is 19.9 Å². The van der Waals surface area contributed by atoms with Gasteiger partial charge in [-0.1, -0.05) is 5.92 Å². The number of nitrogens with two attached hydrogens (primary N) is 1. The molecule has 8 heteroatoms. The van der Waals surface area contributed by atoms with Crippen molar-refractivity contribution < 1.29 is 19.3 Å². The minimum Gasteiger partial charge on any atom is -0.394 e. The van der Waals surface area contributed by atoms with Crippen LogP contribution in [0.2, 0.25) is 0 Å². The van der Waals surface area contributed by atoms with Crippen molar-refractivity contribution in [3.63, 3.8) is 0 Å². The standard InChI is InChI=1S/C13H16FN3O4/c1-3-4-13(14)10(19)8(6-18)21-11(13)17-7(2)5-9(15)16-12(17)20/h5,8,10-11,18-19H,6H2,1-2H3,(H2,15,16,20)/t8-,10?,11-,13?/m1/s1. The molecule has 1 aliphatic heterocycles. The first-order chi connectivity index (χ1) is 9.85. The second kappa shape index (κ2) is 5.44. The first-order valence-corrected chi connectivity index (χ1v) is 6.28. The van der Waals surface area contributed by atoms with E-state index < -0.39 is 36.4 Å². The van der Waals surface area contributed by atoms with Crippen LogP contribution in [0, 0.1) is 18.8 Å². The van der Waals surface area contributed by atoms with Crippen LogP contribution >= 0.6 is 0 Å². The number of hydrogen-bond acceptors (Lipinski definition) is 6. The van der Waals surface area contributed by atoms with Gasteiger partial charge >= 0.3 is 5.69 Å². The highest BCUT2D eigenvalue weighted by atomic mass is 19.1. The highest BCUT2D eigenvalue weighted by molar-refractivity contribution is 5.30. The summed E-state index contributed by atoms with van der Waals surface area (Å²) in [6.45, 7) is 2.32. The normalized spacial score (nSPS) is 31.8. The lowest BCUT2D eigenvalue weighted by atomic mass is 9.96. The van der Waals surface area contributed by atoms with Gasteiger partial charge in [0.1, 0.15) is 18.0 Å². The van der Waals surface area contributed by atoms with Crippen molar-refractivity contribution >= 4 is 5.82 Å². The number of rotatable bonds is 2. The van der Waals surface area contributed by atoms with E-state index in [-0.39, 0.29) is 5.82 Å². The number of aliphatic hydroxyl groups is 2. The maximum atomic E-state index is 15.1. The summed E-state index contributed by atoms with van der Waals surface area (Å²) in [6, 6.07) is 1.38. The molecule has 0 radical (unpaired) electrons. The smallest absolute Gasteiger partial charge is 0.351 e. The van der Waals surface area contributed by atoms with Crippen LogP contribution in [-0.2, 0) is 4.74 Å². The Labute approximate surface area is 120 Å². The predicted octanol–water partition coefficient (Wildman–Crippen LogP) is -0.884. The number of aromatic nitrogens is 2. The van der Waals surface area contributed by atoms with Crippen LogP contribution in [0.25, 0.3) is 0 Å². The van der Waals surface area contributed by atoms with Gasteiger partial charge in [0, 0.05) is 5.69 Å². The zero-order valence-corrected chi connectivity index (χ0v) is 11.6. The molecule has 1 aliphatic rings. The molecule has 0 aromatic carbocycles. The van der Waals surface area contributed by atoms with Gasteiger partial charge < -0.3 is 20.7 Å². The Kier molecular flexibility index (Phi) is 4.00. The zero-order valence-electron chi connectivity index (χ0n) is 11.6. The van der Waals surface area contributed by atoms with E-state index in [1.54, 1.807) is 0 Å². The number of aliphatic hydroxyl groups excluding tert-OH is 2. The largest absolute Gasteiger partial charge is 0.394 e. The van der Waals surface area contributed by atoms with Gasteiger partial charge in [0.25, 0.3) is 0 Å². The molecule has 1 aromatic rings. The average molecular weight is 297 g/mol. The van der Waals surface area contributed by atoms with Crippen molar-refractivity contribution in [1.82, 2.24) is 9.55 Å². The average Bonchev–Trinajstić information content (AvgIpc) is 2.63. The third kappa shape index (κ3) is 2.40. The highest BCUT2D eigenvalue weighted by Crippen LogP contribution is 2.41. The Hall–Kier alpha value is -1.95. The number of hydrogen-bond donors (Lipinski definition) is 3. The van der Waals surface area contributed by atoms with E-state index in [4.69, 9.17) is 15.6 Å². The second-order valence-electron chi connectivity index (χ2n) is 4.77. The Morgan fingerprint density at radius 3 is 2.86 bits per heavy atom. The minimum atomic E-state index is -2.53. The zero-order chi connectivity index (χ0) is 15.8.